The smallest absolute Gasteiger partial charge is 0.113 e. The fourth-order valence-corrected chi connectivity index (χ4v) is 1.92. The summed E-state index contributed by atoms with van der Waals surface area (Å²) in [5.41, 5.74) is 0.286. The van der Waals surface area contributed by atoms with E-state index in [-0.39, 0.29) is 0 Å². The van der Waals surface area contributed by atoms with E-state index in [1.807, 2.05) is 12.1 Å². The second kappa shape index (κ2) is 7.43. The Balaban J connectivity index is 0.000000240. The van der Waals surface area contributed by atoms with Gasteiger partial charge in [-0.1, -0.05) is 29.7 Å². The molecule has 0 unspecified atom stereocenters. The molecule has 0 atom stereocenters. The van der Waals surface area contributed by atoms with Crippen molar-refractivity contribution in [3.8, 4) is 0 Å². The summed E-state index contributed by atoms with van der Waals surface area (Å²) in [4.78, 5) is 0. The molecule has 1 aliphatic heterocycles. The predicted molar refractivity (Wildman–Crippen MR) is 89.3 cm³/mol. The first-order valence-electron chi connectivity index (χ1n) is 7.62. The van der Waals surface area contributed by atoms with Crippen LogP contribution in [0, 0.1) is 0 Å². The van der Waals surface area contributed by atoms with E-state index in [4.69, 9.17) is 18.1 Å². The van der Waals surface area contributed by atoms with E-state index in [1.165, 1.54) is 18.4 Å². The number of benzene rings is 1. The highest BCUT2D eigenvalue weighted by Gasteiger charge is 2.31. The molecule has 0 amide bonds. The molecule has 0 spiro atoms. The van der Waals surface area contributed by atoms with Crippen molar-refractivity contribution in [1.29, 1.82) is 0 Å². The minimum Gasteiger partial charge on any atom is -0.387 e. The van der Waals surface area contributed by atoms with Crippen LogP contribution in [0.25, 0.3) is 0 Å². The molecular weight excluding hydrogens is 261 g/mol. The normalized spacial score (nSPS) is 17.0. The Kier molecular flexibility index (Phi) is 6.45. The van der Waals surface area contributed by atoms with E-state index in [1.54, 1.807) is 27.7 Å². The Labute approximate surface area is 130 Å². The molecule has 1 aromatic carbocycles. The largest absolute Gasteiger partial charge is 0.387 e. The average molecular weight is 289 g/mol. The van der Waals surface area contributed by atoms with E-state index in [0.29, 0.717) is 0 Å². The van der Waals surface area contributed by atoms with Gasteiger partial charge in [-0.25, -0.2) is 0 Å². The molecule has 2 rings (SSSR count). The van der Waals surface area contributed by atoms with Crippen molar-refractivity contribution < 1.29 is 10.2 Å². The highest BCUT2D eigenvalue weighted by molar-refractivity contribution is 6.32. The minimum absolute atomic E-state index is 0.738. The summed E-state index contributed by atoms with van der Waals surface area (Å²) in [7, 11) is 5.64. The summed E-state index contributed by atoms with van der Waals surface area (Å²) in [5.74, 6) is 0.738. The van der Waals surface area contributed by atoms with Gasteiger partial charge in [0.2, 0.25) is 0 Å². The zero-order valence-corrected chi connectivity index (χ0v) is 13.7. The van der Waals surface area contributed by atoms with Crippen molar-refractivity contribution >= 4 is 13.3 Å². The predicted octanol–water partition coefficient (Wildman–Crippen LogP) is 1.48. The maximum atomic E-state index is 9.10. The molecule has 0 aliphatic carbocycles. The van der Waals surface area contributed by atoms with Gasteiger partial charge in [0.25, 0.3) is 0 Å². The molecule has 4 heteroatoms. The van der Waals surface area contributed by atoms with Gasteiger partial charge in [0, 0.05) is 0 Å². The summed E-state index contributed by atoms with van der Waals surface area (Å²) in [6, 6.07) is 8.31. The number of piperidine rings is 1. The Morgan fingerprint density at radius 1 is 0.952 bits per heavy atom. The first-order valence-corrected chi connectivity index (χ1v) is 7.62. The number of hydrogen-bond donors (Lipinski definition) is 3. The van der Waals surface area contributed by atoms with Gasteiger partial charge in [0.05, 0.1) is 11.2 Å². The molecule has 116 valence electrons. The van der Waals surface area contributed by atoms with Crippen LogP contribution in [0.3, 0.4) is 0 Å². The molecule has 3 N–H and O–H groups in total. The third kappa shape index (κ3) is 6.21. The molecule has 21 heavy (non-hydrogen) atoms. The molecule has 0 saturated carbocycles. The van der Waals surface area contributed by atoms with Gasteiger partial charge < -0.3 is 15.5 Å². The fourth-order valence-electron chi connectivity index (χ4n) is 1.92. The quantitative estimate of drug-likeness (QED) is 0.723. The lowest BCUT2D eigenvalue weighted by Crippen LogP contribution is -2.44. The van der Waals surface area contributed by atoms with Crippen LogP contribution in [0.2, 0.25) is 0 Å². The van der Waals surface area contributed by atoms with E-state index < -0.39 is 11.2 Å². The summed E-state index contributed by atoms with van der Waals surface area (Å²) in [6.45, 7) is 8.60. The average Bonchev–Trinajstić information content (AvgIpc) is 2.39. The van der Waals surface area contributed by atoms with Crippen LogP contribution in [-0.2, 0) is 0 Å². The van der Waals surface area contributed by atoms with Crippen molar-refractivity contribution in [3.63, 3.8) is 0 Å². The third-order valence-corrected chi connectivity index (χ3v) is 4.24. The number of nitrogens with one attached hydrogen (secondary N) is 1. The lowest BCUT2D eigenvalue weighted by molar-refractivity contribution is -0.107. The van der Waals surface area contributed by atoms with Crippen molar-refractivity contribution in [1.82, 2.24) is 5.32 Å². The summed E-state index contributed by atoms with van der Waals surface area (Å²) >= 11 is 0. The van der Waals surface area contributed by atoms with Crippen molar-refractivity contribution in [2.45, 2.75) is 57.7 Å². The third-order valence-electron chi connectivity index (χ3n) is 4.24. The fraction of sp³-hybridized carbons (Fsp3) is 0.647. The van der Waals surface area contributed by atoms with Gasteiger partial charge in [0.15, 0.2) is 0 Å². The highest BCUT2D eigenvalue weighted by atomic mass is 16.3. The number of rotatable bonds is 2. The maximum Gasteiger partial charge on any atom is 0.113 e. The molecule has 0 bridgehead atoms. The molecule has 3 nitrogen and oxygen atoms in total. The van der Waals surface area contributed by atoms with Crippen molar-refractivity contribution in [2.75, 3.05) is 13.1 Å². The van der Waals surface area contributed by atoms with Crippen LogP contribution in [0.15, 0.2) is 24.3 Å². The monoisotopic (exact) mass is 289 g/mol. The molecule has 0 aromatic heterocycles. The minimum atomic E-state index is -1.01. The maximum absolute atomic E-state index is 9.10. The first kappa shape index (κ1) is 18.2. The summed E-state index contributed by atoms with van der Waals surface area (Å²) < 4.78 is 0. The molecule has 1 heterocycles. The van der Waals surface area contributed by atoms with Crippen LogP contribution >= 0.6 is 0 Å². The second-order valence-electron chi connectivity index (χ2n) is 6.81. The van der Waals surface area contributed by atoms with Crippen LogP contribution in [0.5, 0.6) is 0 Å². The Bertz CT molecular complexity index is 400. The van der Waals surface area contributed by atoms with E-state index in [9.17, 15) is 0 Å². The summed E-state index contributed by atoms with van der Waals surface area (Å²) in [5, 5.41) is 21.6. The van der Waals surface area contributed by atoms with E-state index >= 15 is 0 Å². The molecule has 1 aromatic rings. The van der Waals surface area contributed by atoms with Gasteiger partial charge >= 0.3 is 0 Å². The SMILES string of the molecule is CC(C)(O)C(C)(C)O.[B]c1ccc(C2CCNCC2)cc1. The molecular formula is C17H28BNO2. The Hall–Kier alpha value is -0.835. The van der Waals surface area contributed by atoms with Crippen molar-refractivity contribution in [3.05, 3.63) is 29.8 Å². The number of aliphatic hydroxyl groups is 2. The first-order chi connectivity index (χ1) is 9.61. The second-order valence-corrected chi connectivity index (χ2v) is 6.81. The van der Waals surface area contributed by atoms with Crippen LogP contribution in [0.1, 0.15) is 52.0 Å². The van der Waals surface area contributed by atoms with Gasteiger partial charge in [0.1, 0.15) is 7.85 Å². The zero-order chi connectivity index (χ0) is 16.1. The molecule has 1 saturated heterocycles. The van der Waals surface area contributed by atoms with Gasteiger partial charge in [-0.2, -0.15) is 0 Å². The molecule has 1 fully saturated rings. The standard InChI is InChI=1S/C11H14BN.C6H14O2/c12-11-3-1-9(2-4-11)10-5-7-13-8-6-10;1-5(2,7)6(3,4)8/h1-4,10,13H,5-8H2;7-8H,1-4H3. The number of hydrogen-bond acceptors (Lipinski definition) is 3. The lowest BCUT2D eigenvalue weighted by Gasteiger charge is -2.31. The lowest BCUT2D eigenvalue weighted by atomic mass is 9.87. The van der Waals surface area contributed by atoms with Crippen molar-refractivity contribution in [2.24, 2.45) is 0 Å². The van der Waals surface area contributed by atoms with E-state index in [2.05, 4.69) is 17.4 Å². The van der Waals surface area contributed by atoms with Gasteiger partial charge in [-0.15, -0.1) is 0 Å². The van der Waals surface area contributed by atoms with Crippen LogP contribution in [-0.4, -0.2) is 42.4 Å². The van der Waals surface area contributed by atoms with Gasteiger partial charge in [-0.3, -0.25) is 0 Å². The topological polar surface area (TPSA) is 52.5 Å². The van der Waals surface area contributed by atoms with Crippen LogP contribution in [0.4, 0.5) is 0 Å². The summed E-state index contributed by atoms with van der Waals surface area (Å²) in [6.07, 6.45) is 2.51. The highest BCUT2D eigenvalue weighted by Crippen LogP contribution is 2.24. The van der Waals surface area contributed by atoms with E-state index in [0.717, 1.165) is 24.5 Å². The Morgan fingerprint density at radius 3 is 1.76 bits per heavy atom. The van der Waals surface area contributed by atoms with Gasteiger partial charge in [-0.05, 0) is 65.1 Å². The Morgan fingerprint density at radius 2 is 1.38 bits per heavy atom. The zero-order valence-electron chi connectivity index (χ0n) is 13.7. The molecule has 1 aliphatic rings. The molecule has 2 radical (unpaired) electrons. The van der Waals surface area contributed by atoms with Crippen LogP contribution < -0.4 is 10.8 Å².